The minimum absolute atomic E-state index is 0.0229. The first kappa shape index (κ1) is 22.9. The third-order valence-corrected chi connectivity index (χ3v) is 3.98. The van der Waals surface area contributed by atoms with E-state index in [9.17, 15) is 18.0 Å². The fourth-order valence-corrected chi connectivity index (χ4v) is 2.27. The van der Waals surface area contributed by atoms with Gasteiger partial charge in [0.25, 0.3) is 0 Å². The lowest BCUT2D eigenvalue weighted by Gasteiger charge is -2.12. The Balaban J connectivity index is 2.09. The van der Waals surface area contributed by atoms with Gasteiger partial charge in [-0.1, -0.05) is 11.6 Å². The molecule has 0 fully saturated rings. The number of anilines is 2. The van der Waals surface area contributed by atoms with Crippen molar-refractivity contribution >= 4 is 35.5 Å². The molecule has 0 aliphatic carbocycles. The molecule has 12 heteroatoms. The number of amides is 1. The average Bonchev–Trinajstić information content (AvgIpc) is 2.68. The van der Waals surface area contributed by atoms with E-state index in [0.29, 0.717) is 12.1 Å². The first-order chi connectivity index (χ1) is 14.2. The van der Waals surface area contributed by atoms with Crippen LogP contribution in [-0.2, 0) is 11.3 Å². The van der Waals surface area contributed by atoms with Gasteiger partial charge < -0.3 is 26.3 Å². The van der Waals surface area contributed by atoms with Gasteiger partial charge in [-0.25, -0.2) is 18.2 Å². The Morgan fingerprint density at radius 2 is 1.93 bits per heavy atom. The standard InChI is InChI=1S/C18H19ClF3N7O/c1-29(2)16(30)9-24-6-11(5-23)27-18-26-8-13(19)17(28-18)25-7-12-14(21)3-10(20)4-15(12)22/h3-6,8,23-24H,7,9H2,1-2H3,(H2,25,26,27,28)/b11-6+,23-5?. The summed E-state index contributed by atoms with van der Waals surface area (Å²) in [5.41, 5.74) is -0.138. The van der Waals surface area contributed by atoms with Crippen LogP contribution >= 0.6 is 11.6 Å². The highest BCUT2D eigenvalue weighted by Crippen LogP contribution is 2.22. The van der Waals surface area contributed by atoms with Crippen molar-refractivity contribution in [3.05, 3.63) is 58.3 Å². The van der Waals surface area contributed by atoms with Crippen LogP contribution < -0.4 is 16.0 Å². The normalized spacial score (nSPS) is 11.1. The molecular weight excluding hydrogens is 423 g/mol. The summed E-state index contributed by atoms with van der Waals surface area (Å²) in [4.78, 5) is 21.0. The van der Waals surface area contributed by atoms with E-state index in [2.05, 4.69) is 25.9 Å². The summed E-state index contributed by atoms with van der Waals surface area (Å²) in [6, 6.07) is 1.15. The van der Waals surface area contributed by atoms with Gasteiger partial charge in [0.05, 0.1) is 18.4 Å². The zero-order valence-corrected chi connectivity index (χ0v) is 16.8. The number of nitrogens with one attached hydrogen (secondary N) is 4. The van der Waals surface area contributed by atoms with Crippen molar-refractivity contribution in [1.82, 2.24) is 20.2 Å². The summed E-state index contributed by atoms with van der Waals surface area (Å²) >= 11 is 6.01. The van der Waals surface area contributed by atoms with E-state index in [4.69, 9.17) is 17.0 Å². The molecule has 0 aliphatic heterocycles. The predicted molar refractivity (Wildman–Crippen MR) is 108 cm³/mol. The van der Waals surface area contributed by atoms with Crippen LogP contribution in [-0.4, -0.2) is 47.6 Å². The quantitative estimate of drug-likeness (QED) is 0.446. The molecule has 1 heterocycles. The van der Waals surface area contributed by atoms with Crippen molar-refractivity contribution < 1.29 is 18.0 Å². The maximum Gasteiger partial charge on any atom is 0.241 e. The second-order valence-corrected chi connectivity index (χ2v) is 6.54. The molecule has 2 rings (SSSR count). The van der Waals surface area contributed by atoms with Crippen molar-refractivity contribution in [1.29, 1.82) is 5.41 Å². The van der Waals surface area contributed by atoms with Crippen molar-refractivity contribution in [3.63, 3.8) is 0 Å². The van der Waals surface area contributed by atoms with Crippen LogP contribution in [0.2, 0.25) is 5.02 Å². The molecule has 0 unspecified atom stereocenters. The van der Waals surface area contributed by atoms with Crippen LogP contribution in [0.5, 0.6) is 0 Å². The van der Waals surface area contributed by atoms with E-state index in [1.807, 2.05) is 0 Å². The molecule has 1 aromatic heterocycles. The van der Waals surface area contributed by atoms with E-state index in [0.717, 1.165) is 6.21 Å². The Bertz CT molecular complexity index is 946. The molecule has 1 amide bonds. The number of rotatable bonds is 9. The van der Waals surface area contributed by atoms with Gasteiger partial charge in [0, 0.05) is 50.8 Å². The summed E-state index contributed by atoms with van der Waals surface area (Å²) in [5, 5.41) is 15.7. The first-order valence-electron chi connectivity index (χ1n) is 8.52. The maximum absolute atomic E-state index is 13.8. The molecule has 4 N–H and O–H groups in total. The molecule has 0 saturated carbocycles. The highest BCUT2D eigenvalue weighted by Gasteiger charge is 2.13. The third kappa shape index (κ3) is 6.34. The second kappa shape index (κ2) is 10.4. The Kier molecular flexibility index (Phi) is 7.98. The average molecular weight is 442 g/mol. The largest absolute Gasteiger partial charge is 0.380 e. The number of allylic oxidation sites excluding steroid dienone is 1. The Morgan fingerprint density at radius 1 is 1.27 bits per heavy atom. The summed E-state index contributed by atoms with van der Waals surface area (Å²) in [6.45, 7) is -0.315. The molecule has 160 valence electrons. The van der Waals surface area contributed by atoms with E-state index in [1.165, 1.54) is 17.3 Å². The number of benzene rings is 1. The zero-order chi connectivity index (χ0) is 22.3. The van der Waals surface area contributed by atoms with Crippen molar-refractivity contribution in [2.45, 2.75) is 6.54 Å². The van der Waals surface area contributed by atoms with Gasteiger partial charge in [0.15, 0.2) is 5.82 Å². The summed E-state index contributed by atoms with van der Waals surface area (Å²) in [6.07, 6.45) is 3.62. The number of carbonyl (C=O) groups is 1. The van der Waals surface area contributed by atoms with Crippen LogP contribution in [0.3, 0.4) is 0 Å². The summed E-state index contributed by atoms with van der Waals surface area (Å²) in [5.74, 6) is -3.17. The monoisotopic (exact) mass is 441 g/mol. The van der Waals surface area contributed by atoms with Crippen LogP contribution in [0.1, 0.15) is 5.56 Å². The minimum Gasteiger partial charge on any atom is -0.380 e. The van der Waals surface area contributed by atoms with Gasteiger partial charge in [-0.15, -0.1) is 0 Å². The van der Waals surface area contributed by atoms with Crippen LogP contribution in [0.4, 0.5) is 24.9 Å². The Morgan fingerprint density at radius 3 is 2.53 bits per heavy atom. The van der Waals surface area contributed by atoms with Gasteiger partial charge in [0.1, 0.15) is 22.5 Å². The molecule has 8 nitrogen and oxygen atoms in total. The van der Waals surface area contributed by atoms with Gasteiger partial charge in [-0.05, 0) is 0 Å². The molecule has 0 aliphatic rings. The number of carbonyl (C=O) groups excluding carboxylic acids is 1. The molecule has 2 aromatic rings. The van der Waals surface area contributed by atoms with Gasteiger partial charge in [-0.2, -0.15) is 4.98 Å². The molecule has 0 saturated heterocycles. The number of likely N-dealkylation sites (N-methyl/N-ethyl adjacent to an activating group) is 1. The van der Waals surface area contributed by atoms with Gasteiger partial charge >= 0.3 is 0 Å². The van der Waals surface area contributed by atoms with Crippen molar-refractivity contribution in [2.75, 3.05) is 31.3 Å². The number of hydrogen-bond donors (Lipinski definition) is 4. The molecular formula is C18H19ClF3N7O. The molecule has 1 aromatic carbocycles. The molecule has 30 heavy (non-hydrogen) atoms. The molecule has 0 radical (unpaired) electrons. The lowest BCUT2D eigenvalue weighted by atomic mass is 10.2. The number of nitrogens with zero attached hydrogens (tertiary/aromatic N) is 3. The van der Waals surface area contributed by atoms with Crippen molar-refractivity contribution in [3.8, 4) is 0 Å². The van der Waals surface area contributed by atoms with Crippen LogP contribution in [0, 0.1) is 22.9 Å². The summed E-state index contributed by atoms with van der Waals surface area (Å²) in [7, 11) is 3.23. The first-order valence-corrected chi connectivity index (χ1v) is 8.90. The zero-order valence-electron chi connectivity index (χ0n) is 16.1. The fraction of sp³-hybridized carbons (Fsp3) is 0.222. The highest BCUT2D eigenvalue weighted by molar-refractivity contribution is 6.32. The Labute approximate surface area is 175 Å². The topological polar surface area (TPSA) is 106 Å². The number of halogens is 4. The minimum atomic E-state index is -1.05. The third-order valence-electron chi connectivity index (χ3n) is 3.70. The van der Waals surface area contributed by atoms with Crippen molar-refractivity contribution in [2.24, 2.45) is 0 Å². The lowest BCUT2D eigenvalue weighted by molar-refractivity contribution is -0.127. The van der Waals surface area contributed by atoms with Crippen LogP contribution in [0.25, 0.3) is 0 Å². The predicted octanol–water partition coefficient (Wildman–Crippen LogP) is 2.74. The van der Waals surface area contributed by atoms with Gasteiger partial charge in [0.2, 0.25) is 11.9 Å². The van der Waals surface area contributed by atoms with E-state index >= 15 is 0 Å². The van der Waals surface area contributed by atoms with E-state index < -0.39 is 17.5 Å². The van der Waals surface area contributed by atoms with Crippen LogP contribution in [0.15, 0.2) is 30.2 Å². The van der Waals surface area contributed by atoms with E-state index in [-0.39, 0.29) is 47.0 Å². The lowest BCUT2D eigenvalue weighted by Crippen LogP contribution is -2.31. The number of hydrogen-bond acceptors (Lipinski definition) is 7. The molecule has 0 atom stereocenters. The Hall–Kier alpha value is -3.34. The molecule has 0 spiro atoms. The fourth-order valence-electron chi connectivity index (χ4n) is 2.11. The second-order valence-electron chi connectivity index (χ2n) is 6.13. The van der Waals surface area contributed by atoms with E-state index in [1.54, 1.807) is 14.1 Å². The SMILES string of the molecule is CN(C)C(=O)CN/C=C(\C=N)Nc1ncc(Cl)c(NCc2c(F)cc(F)cc2F)n1. The summed E-state index contributed by atoms with van der Waals surface area (Å²) < 4.78 is 40.6. The number of aromatic nitrogens is 2. The van der Waals surface area contributed by atoms with Gasteiger partial charge in [-0.3, -0.25) is 4.79 Å². The maximum atomic E-state index is 13.8. The smallest absolute Gasteiger partial charge is 0.241 e. The molecule has 0 bridgehead atoms. The highest BCUT2D eigenvalue weighted by atomic mass is 35.5.